The van der Waals surface area contributed by atoms with Crippen molar-refractivity contribution in [1.82, 2.24) is 9.78 Å². The molecule has 2 aromatic rings. The molecule has 4 nitrogen and oxygen atoms in total. The van der Waals surface area contributed by atoms with Crippen molar-refractivity contribution in [3.05, 3.63) is 41.6 Å². The van der Waals surface area contributed by atoms with Gasteiger partial charge in [-0.1, -0.05) is 6.07 Å². The van der Waals surface area contributed by atoms with E-state index in [-0.39, 0.29) is 18.4 Å². The van der Waals surface area contributed by atoms with Crippen LogP contribution in [0.15, 0.2) is 30.3 Å². The second-order valence-corrected chi connectivity index (χ2v) is 4.91. The zero-order valence-corrected chi connectivity index (χ0v) is 11.7. The van der Waals surface area contributed by atoms with Crippen molar-refractivity contribution < 1.29 is 17.9 Å². The minimum absolute atomic E-state index is 0.0607. The lowest BCUT2D eigenvalue weighted by Gasteiger charge is -2.09. The smallest absolute Gasteiger partial charge is 0.416 e. The van der Waals surface area contributed by atoms with E-state index in [0.29, 0.717) is 11.5 Å². The van der Waals surface area contributed by atoms with E-state index in [1.807, 2.05) is 13.8 Å². The van der Waals surface area contributed by atoms with E-state index >= 15 is 0 Å². The highest BCUT2D eigenvalue weighted by Crippen LogP contribution is 2.31. The SMILES string of the molecule is CC(C)n1nc(COc2cccc(C(F)(F)F)c2)cc1N. The minimum Gasteiger partial charge on any atom is -0.487 e. The summed E-state index contributed by atoms with van der Waals surface area (Å²) in [6.45, 7) is 3.92. The van der Waals surface area contributed by atoms with Crippen LogP contribution in [-0.4, -0.2) is 9.78 Å². The topological polar surface area (TPSA) is 53.1 Å². The summed E-state index contributed by atoms with van der Waals surface area (Å²) in [4.78, 5) is 0. The van der Waals surface area contributed by atoms with Gasteiger partial charge in [-0.05, 0) is 32.0 Å². The fourth-order valence-electron chi connectivity index (χ4n) is 1.87. The molecule has 1 heterocycles. The predicted molar refractivity (Wildman–Crippen MR) is 72.8 cm³/mol. The number of nitrogens with two attached hydrogens (primary N) is 1. The van der Waals surface area contributed by atoms with Crippen LogP contribution in [0.2, 0.25) is 0 Å². The van der Waals surface area contributed by atoms with Gasteiger partial charge < -0.3 is 10.5 Å². The fraction of sp³-hybridized carbons (Fsp3) is 0.357. The van der Waals surface area contributed by atoms with Gasteiger partial charge in [-0.2, -0.15) is 18.3 Å². The average Bonchev–Trinajstić information content (AvgIpc) is 2.77. The molecule has 0 atom stereocenters. The van der Waals surface area contributed by atoms with Crippen LogP contribution in [0.5, 0.6) is 5.75 Å². The first kappa shape index (κ1) is 15.2. The van der Waals surface area contributed by atoms with Gasteiger partial charge in [0.2, 0.25) is 0 Å². The van der Waals surface area contributed by atoms with Crippen molar-refractivity contribution in [3.8, 4) is 5.75 Å². The predicted octanol–water partition coefficient (Wildman–Crippen LogP) is 3.64. The molecule has 7 heteroatoms. The fourth-order valence-corrected chi connectivity index (χ4v) is 1.87. The molecule has 0 radical (unpaired) electrons. The number of nitrogen functional groups attached to an aromatic ring is 1. The first-order valence-electron chi connectivity index (χ1n) is 6.41. The standard InChI is InChI=1S/C14H16F3N3O/c1-9(2)20-13(18)7-11(19-20)8-21-12-5-3-4-10(6-12)14(15,16)17/h3-7,9H,8,18H2,1-2H3. The Labute approximate surface area is 120 Å². The first-order chi connectivity index (χ1) is 9.77. The first-order valence-corrected chi connectivity index (χ1v) is 6.41. The molecule has 2 rings (SSSR count). The van der Waals surface area contributed by atoms with Crippen molar-refractivity contribution in [2.24, 2.45) is 0 Å². The van der Waals surface area contributed by atoms with Crippen LogP contribution >= 0.6 is 0 Å². The van der Waals surface area contributed by atoms with E-state index in [2.05, 4.69) is 5.10 Å². The zero-order valence-electron chi connectivity index (χ0n) is 11.7. The number of benzene rings is 1. The molecule has 21 heavy (non-hydrogen) atoms. The molecule has 0 fully saturated rings. The van der Waals surface area contributed by atoms with E-state index in [1.165, 1.54) is 12.1 Å². The summed E-state index contributed by atoms with van der Waals surface area (Å²) in [5, 5.41) is 4.24. The number of alkyl halides is 3. The Kier molecular flexibility index (Phi) is 4.11. The lowest BCUT2D eigenvalue weighted by Crippen LogP contribution is -2.07. The van der Waals surface area contributed by atoms with Crippen LogP contribution < -0.4 is 10.5 Å². The number of hydrogen-bond donors (Lipinski definition) is 1. The van der Waals surface area contributed by atoms with E-state index < -0.39 is 11.7 Å². The molecular formula is C14H16F3N3O. The van der Waals surface area contributed by atoms with Crippen molar-refractivity contribution in [2.45, 2.75) is 32.7 Å². The minimum atomic E-state index is -4.39. The molecule has 0 unspecified atom stereocenters. The molecule has 0 spiro atoms. The van der Waals surface area contributed by atoms with Gasteiger partial charge in [0, 0.05) is 12.1 Å². The molecule has 1 aromatic heterocycles. The van der Waals surface area contributed by atoms with E-state index in [1.54, 1.807) is 10.7 Å². The summed E-state index contributed by atoms with van der Waals surface area (Å²) in [7, 11) is 0. The highest BCUT2D eigenvalue weighted by molar-refractivity contribution is 5.33. The molecule has 114 valence electrons. The third-order valence-electron chi connectivity index (χ3n) is 2.85. The number of aromatic nitrogens is 2. The highest BCUT2D eigenvalue weighted by Gasteiger charge is 2.30. The number of anilines is 1. The summed E-state index contributed by atoms with van der Waals surface area (Å²) in [5.74, 6) is 0.634. The van der Waals surface area contributed by atoms with Crippen LogP contribution in [0.1, 0.15) is 31.1 Å². The molecule has 0 aliphatic rings. The third-order valence-corrected chi connectivity index (χ3v) is 2.85. The van der Waals surface area contributed by atoms with Gasteiger partial charge in [-0.3, -0.25) is 0 Å². The number of ether oxygens (including phenoxy) is 1. The van der Waals surface area contributed by atoms with Crippen LogP contribution in [0.3, 0.4) is 0 Å². The van der Waals surface area contributed by atoms with Gasteiger partial charge in [0.25, 0.3) is 0 Å². The number of nitrogens with zero attached hydrogens (tertiary/aromatic N) is 2. The Hall–Kier alpha value is -2.18. The molecule has 0 amide bonds. The lowest BCUT2D eigenvalue weighted by molar-refractivity contribution is -0.137. The van der Waals surface area contributed by atoms with Crippen LogP contribution in [0.25, 0.3) is 0 Å². The lowest BCUT2D eigenvalue weighted by atomic mass is 10.2. The summed E-state index contributed by atoms with van der Waals surface area (Å²) < 4.78 is 44.7. The van der Waals surface area contributed by atoms with Gasteiger partial charge in [-0.15, -0.1) is 0 Å². The van der Waals surface area contributed by atoms with Crippen molar-refractivity contribution in [3.63, 3.8) is 0 Å². The summed E-state index contributed by atoms with van der Waals surface area (Å²) >= 11 is 0. The molecule has 0 aliphatic carbocycles. The van der Waals surface area contributed by atoms with Gasteiger partial charge >= 0.3 is 6.18 Å². The Bertz CT molecular complexity index is 620. The quantitative estimate of drug-likeness (QED) is 0.937. The summed E-state index contributed by atoms with van der Waals surface area (Å²) in [5.41, 5.74) is 5.61. The maximum Gasteiger partial charge on any atom is 0.416 e. The second kappa shape index (κ2) is 5.67. The Morgan fingerprint density at radius 1 is 1.29 bits per heavy atom. The Morgan fingerprint density at radius 3 is 2.57 bits per heavy atom. The van der Waals surface area contributed by atoms with Crippen molar-refractivity contribution in [2.75, 3.05) is 5.73 Å². The average molecular weight is 299 g/mol. The number of halogens is 3. The van der Waals surface area contributed by atoms with E-state index in [9.17, 15) is 13.2 Å². The van der Waals surface area contributed by atoms with Crippen molar-refractivity contribution >= 4 is 5.82 Å². The Morgan fingerprint density at radius 2 is 2.00 bits per heavy atom. The van der Waals surface area contributed by atoms with Crippen LogP contribution in [-0.2, 0) is 12.8 Å². The van der Waals surface area contributed by atoms with Crippen LogP contribution in [0, 0.1) is 0 Å². The van der Waals surface area contributed by atoms with Gasteiger partial charge in [0.05, 0.1) is 5.56 Å². The van der Waals surface area contributed by atoms with E-state index in [4.69, 9.17) is 10.5 Å². The largest absolute Gasteiger partial charge is 0.487 e. The Balaban J connectivity index is 2.08. The number of rotatable bonds is 4. The third kappa shape index (κ3) is 3.68. The molecule has 0 saturated carbocycles. The van der Waals surface area contributed by atoms with Crippen molar-refractivity contribution in [1.29, 1.82) is 0 Å². The van der Waals surface area contributed by atoms with Gasteiger partial charge in [-0.25, -0.2) is 4.68 Å². The second-order valence-electron chi connectivity index (χ2n) is 4.91. The maximum absolute atomic E-state index is 12.6. The summed E-state index contributed by atoms with van der Waals surface area (Å²) in [6.07, 6.45) is -4.39. The molecule has 0 aliphatic heterocycles. The summed E-state index contributed by atoms with van der Waals surface area (Å²) in [6, 6.07) is 6.48. The van der Waals surface area contributed by atoms with Gasteiger partial charge in [0.1, 0.15) is 23.9 Å². The molecule has 1 aromatic carbocycles. The highest BCUT2D eigenvalue weighted by atomic mass is 19.4. The maximum atomic E-state index is 12.6. The molecule has 0 bridgehead atoms. The number of hydrogen-bond acceptors (Lipinski definition) is 3. The zero-order chi connectivity index (χ0) is 15.6. The van der Waals surface area contributed by atoms with Gasteiger partial charge in [0.15, 0.2) is 0 Å². The molecule has 0 saturated heterocycles. The molecule has 2 N–H and O–H groups in total. The monoisotopic (exact) mass is 299 g/mol. The van der Waals surface area contributed by atoms with Crippen LogP contribution in [0.4, 0.5) is 19.0 Å². The normalized spacial score (nSPS) is 11.9. The molecular weight excluding hydrogens is 283 g/mol. The van der Waals surface area contributed by atoms with E-state index in [0.717, 1.165) is 12.1 Å².